The van der Waals surface area contributed by atoms with Crippen LogP contribution < -0.4 is 15.4 Å². The summed E-state index contributed by atoms with van der Waals surface area (Å²) in [4.78, 5) is 4.76. The summed E-state index contributed by atoms with van der Waals surface area (Å²) in [7, 11) is 0. The van der Waals surface area contributed by atoms with Gasteiger partial charge in [-0.25, -0.2) is 0 Å². The van der Waals surface area contributed by atoms with Gasteiger partial charge >= 0.3 is 0 Å². The van der Waals surface area contributed by atoms with Crippen LogP contribution in [-0.2, 0) is 13.0 Å². The van der Waals surface area contributed by atoms with E-state index in [1.54, 1.807) is 6.33 Å². The molecule has 0 aliphatic carbocycles. The van der Waals surface area contributed by atoms with E-state index in [0.717, 1.165) is 43.5 Å². The van der Waals surface area contributed by atoms with E-state index in [1.165, 1.54) is 5.56 Å². The summed E-state index contributed by atoms with van der Waals surface area (Å²) in [5.41, 5.74) is 0.955. The van der Waals surface area contributed by atoms with Crippen molar-refractivity contribution in [2.24, 2.45) is 4.99 Å². The van der Waals surface area contributed by atoms with Gasteiger partial charge in [0.2, 0.25) is 0 Å². The largest absolute Gasteiger partial charge is 0.487 e. The summed E-state index contributed by atoms with van der Waals surface area (Å²) < 4.78 is 8.18. The molecule has 1 unspecified atom stereocenters. The summed E-state index contributed by atoms with van der Waals surface area (Å²) in [5, 5.41) is 15.1. The van der Waals surface area contributed by atoms with Crippen LogP contribution >= 0.6 is 24.0 Å². The number of ether oxygens (including phenoxy) is 1. The van der Waals surface area contributed by atoms with Crippen molar-refractivity contribution in [2.75, 3.05) is 13.1 Å². The Morgan fingerprint density at radius 1 is 1.32 bits per heavy atom. The number of nitrogens with zero attached hydrogens (tertiary/aromatic N) is 4. The first kappa shape index (κ1) is 22.4. The average Bonchev–Trinajstić information content (AvgIpc) is 3.08. The molecule has 3 rings (SSSR count). The molecule has 28 heavy (non-hydrogen) atoms. The molecule has 0 saturated carbocycles. The summed E-state index contributed by atoms with van der Waals surface area (Å²) in [6.45, 7) is 10.7. The Balaban J connectivity index is 0.00000280. The quantitative estimate of drug-likeness (QED) is 0.363. The van der Waals surface area contributed by atoms with Crippen LogP contribution in [0.1, 0.15) is 51.5 Å². The van der Waals surface area contributed by atoms with Gasteiger partial charge in [0.15, 0.2) is 5.96 Å². The van der Waals surface area contributed by atoms with Gasteiger partial charge in [0.1, 0.15) is 23.5 Å². The number of aryl methyl sites for hydroxylation is 1. The maximum atomic E-state index is 6.13. The smallest absolute Gasteiger partial charge is 0.191 e. The van der Waals surface area contributed by atoms with Crippen LogP contribution in [0, 0.1) is 0 Å². The SMILES string of the molecule is CCNC(=NCCn1cnnc1CC)NC1CC(C)(C)Oc2ccccc21.I. The summed E-state index contributed by atoms with van der Waals surface area (Å²) in [6.07, 6.45) is 3.52. The molecule has 0 amide bonds. The lowest BCUT2D eigenvalue weighted by Gasteiger charge is -2.38. The minimum absolute atomic E-state index is 0. The van der Waals surface area contributed by atoms with E-state index in [2.05, 4.69) is 65.2 Å². The standard InChI is InChI=1S/C20H30N6O.HI/c1-5-18-25-23-14-26(18)12-11-22-19(21-6-2)24-16-13-20(3,4)27-17-10-8-7-9-15(16)17;/h7-10,14,16H,5-6,11-13H2,1-4H3,(H2,21,22,24);1H. The number of aliphatic imine (C=N–C) groups is 1. The van der Waals surface area contributed by atoms with Crippen LogP contribution in [-0.4, -0.2) is 39.4 Å². The van der Waals surface area contributed by atoms with Crippen molar-refractivity contribution in [2.45, 2.75) is 58.7 Å². The molecule has 1 aliphatic heterocycles. The topological polar surface area (TPSA) is 76.4 Å². The van der Waals surface area contributed by atoms with Gasteiger partial charge in [0, 0.05) is 31.5 Å². The van der Waals surface area contributed by atoms with Crippen LogP contribution in [0.4, 0.5) is 0 Å². The van der Waals surface area contributed by atoms with Crippen LogP contribution in [0.2, 0.25) is 0 Å². The highest BCUT2D eigenvalue weighted by Crippen LogP contribution is 2.39. The van der Waals surface area contributed by atoms with Crippen molar-refractivity contribution in [3.05, 3.63) is 42.0 Å². The van der Waals surface area contributed by atoms with E-state index in [9.17, 15) is 0 Å². The predicted molar refractivity (Wildman–Crippen MR) is 122 cm³/mol. The number of hydrogen-bond donors (Lipinski definition) is 2. The van der Waals surface area contributed by atoms with E-state index < -0.39 is 0 Å². The first-order valence-electron chi connectivity index (χ1n) is 9.72. The van der Waals surface area contributed by atoms with Crippen LogP contribution in [0.25, 0.3) is 0 Å². The van der Waals surface area contributed by atoms with Gasteiger partial charge in [-0.15, -0.1) is 34.2 Å². The first-order valence-corrected chi connectivity index (χ1v) is 9.72. The summed E-state index contributed by atoms with van der Waals surface area (Å²) >= 11 is 0. The highest BCUT2D eigenvalue weighted by Gasteiger charge is 2.33. The van der Waals surface area contributed by atoms with E-state index in [-0.39, 0.29) is 35.6 Å². The number of halogens is 1. The molecule has 1 aliphatic rings. The molecule has 2 aromatic rings. The van der Waals surface area contributed by atoms with Gasteiger partial charge in [-0.2, -0.15) is 0 Å². The van der Waals surface area contributed by atoms with Gasteiger partial charge in [-0.05, 0) is 26.8 Å². The number of para-hydroxylation sites is 1. The summed E-state index contributed by atoms with van der Waals surface area (Å²) in [5.74, 6) is 2.75. The van der Waals surface area contributed by atoms with Gasteiger partial charge in [-0.1, -0.05) is 25.1 Å². The molecule has 0 spiro atoms. The molecule has 0 fully saturated rings. The first-order chi connectivity index (χ1) is 13.0. The Morgan fingerprint density at radius 3 is 2.86 bits per heavy atom. The summed E-state index contributed by atoms with van der Waals surface area (Å²) in [6, 6.07) is 8.38. The fourth-order valence-corrected chi connectivity index (χ4v) is 3.43. The maximum absolute atomic E-state index is 6.13. The number of rotatable bonds is 6. The van der Waals surface area contributed by atoms with Gasteiger partial charge in [0.05, 0.1) is 12.6 Å². The predicted octanol–water partition coefficient (Wildman–Crippen LogP) is 3.32. The highest BCUT2D eigenvalue weighted by molar-refractivity contribution is 14.0. The third-order valence-corrected chi connectivity index (χ3v) is 4.65. The van der Waals surface area contributed by atoms with Crippen molar-refractivity contribution in [3.8, 4) is 5.75 Å². The zero-order chi connectivity index (χ0) is 19.3. The Hall–Kier alpha value is -1.84. The van der Waals surface area contributed by atoms with E-state index >= 15 is 0 Å². The molecule has 154 valence electrons. The molecule has 1 aromatic carbocycles. The van der Waals surface area contributed by atoms with Crippen molar-refractivity contribution in [3.63, 3.8) is 0 Å². The van der Waals surface area contributed by atoms with E-state index in [1.807, 2.05) is 12.1 Å². The normalized spacial score (nSPS) is 17.9. The van der Waals surface area contributed by atoms with E-state index in [4.69, 9.17) is 9.73 Å². The molecule has 2 heterocycles. The number of guanidine groups is 1. The number of fused-ring (bicyclic) bond motifs is 1. The lowest BCUT2D eigenvalue weighted by Crippen LogP contribution is -2.45. The third-order valence-electron chi connectivity index (χ3n) is 4.65. The Bertz CT molecular complexity index is 789. The number of nitrogens with one attached hydrogen (secondary N) is 2. The molecule has 0 saturated heterocycles. The van der Waals surface area contributed by atoms with Gasteiger partial charge in [-0.3, -0.25) is 4.99 Å². The van der Waals surface area contributed by atoms with Crippen molar-refractivity contribution in [1.82, 2.24) is 25.4 Å². The fourth-order valence-electron chi connectivity index (χ4n) is 3.43. The molecule has 1 atom stereocenters. The molecule has 7 nitrogen and oxygen atoms in total. The van der Waals surface area contributed by atoms with E-state index in [0.29, 0.717) is 6.54 Å². The average molecular weight is 498 g/mol. The second-order valence-electron chi connectivity index (χ2n) is 7.36. The van der Waals surface area contributed by atoms with Crippen molar-refractivity contribution < 1.29 is 4.74 Å². The van der Waals surface area contributed by atoms with Crippen molar-refractivity contribution >= 4 is 29.9 Å². The Morgan fingerprint density at radius 2 is 2.11 bits per heavy atom. The van der Waals surface area contributed by atoms with Gasteiger partial charge in [0.25, 0.3) is 0 Å². The Labute approximate surface area is 184 Å². The fraction of sp³-hybridized carbons (Fsp3) is 0.550. The van der Waals surface area contributed by atoms with Crippen molar-refractivity contribution in [1.29, 1.82) is 0 Å². The Kier molecular flexibility index (Phi) is 8.09. The molecule has 2 N–H and O–H groups in total. The number of benzene rings is 1. The van der Waals surface area contributed by atoms with Gasteiger partial charge < -0.3 is 19.9 Å². The molecule has 8 heteroatoms. The zero-order valence-electron chi connectivity index (χ0n) is 17.1. The second kappa shape index (κ2) is 10.1. The minimum Gasteiger partial charge on any atom is -0.487 e. The third kappa shape index (κ3) is 5.59. The molecular formula is C20H31IN6O. The lowest BCUT2D eigenvalue weighted by molar-refractivity contribution is 0.0694. The molecule has 1 aromatic heterocycles. The monoisotopic (exact) mass is 498 g/mol. The highest BCUT2D eigenvalue weighted by atomic mass is 127. The maximum Gasteiger partial charge on any atom is 0.191 e. The number of hydrogen-bond acceptors (Lipinski definition) is 4. The van der Waals surface area contributed by atoms with Crippen LogP contribution in [0.15, 0.2) is 35.6 Å². The zero-order valence-corrected chi connectivity index (χ0v) is 19.4. The molecule has 0 radical (unpaired) electrons. The lowest BCUT2D eigenvalue weighted by atomic mass is 9.90. The second-order valence-corrected chi connectivity index (χ2v) is 7.36. The number of aromatic nitrogens is 3. The van der Waals surface area contributed by atoms with Crippen LogP contribution in [0.5, 0.6) is 5.75 Å². The minimum atomic E-state index is -0.220. The molecule has 0 bridgehead atoms. The van der Waals surface area contributed by atoms with Crippen LogP contribution in [0.3, 0.4) is 0 Å². The molecular weight excluding hydrogens is 467 g/mol.